The van der Waals surface area contributed by atoms with E-state index in [1.807, 2.05) is 0 Å². The van der Waals surface area contributed by atoms with Crippen LogP contribution in [0.3, 0.4) is 0 Å². The third-order valence-electron chi connectivity index (χ3n) is 15.6. The lowest BCUT2D eigenvalue weighted by Gasteiger charge is -2.40. The van der Waals surface area contributed by atoms with Crippen molar-refractivity contribution in [3.63, 3.8) is 0 Å². The molecule has 12 N–H and O–H groups in total. The molecule has 0 heterocycles. The first-order valence-electron chi connectivity index (χ1n) is 80.8. The molecule has 6 aromatic carbocycles. The van der Waals surface area contributed by atoms with Gasteiger partial charge in [-0.25, -0.2) is 0 Å². The lowest BCUT2D eigenvalue weighted by atomic mass is 9.72. The van der Waals surface area contributed by atoms with E-state index in [-0.39, 0.29) is 21.9 Å². The van der Waals surface area contributed by atoms with Gasteiger partial charge in [-0.1, -0.05) is 188 Å². The number of hydrogen-bond donors (Lipinski definition) is 12. The standard InChI is InChI=1S/6C16H25NO2/c6*1-17(2)12-15(13-6-8-14(18)9-7-13)16(19)10-4-3-5-11-16/h6*6-9,15,18-19H,3-5,10-12H2,1-2H3/i1D3,2D3,3D2,4D2,5D2,8D,9D,10D2,11D2,12D2;1D3,3D2,4D2,5D2,8D,9D,10D2,11D2,12D2;1D3,2D3,3D2,4D2,5D2,8D,9D,10D2,11D2;3D2,4D2,5D2,8D,9D,10D2,11D2,12D2;1D3,3D2,4D2,5D2,8D,9D,10D2,11D2;3D2,4D2,5D2,8D,9D,10D2,11D2. The van der Waals surface area contributed by atoms with Crippen molar-refractivity contribution in [2.75, 3.05) is 123 Å². The van der Waals surface area contributed by atoms with Gasteiger partial charge in [0.25, 0.3) is 0 Å². The quantitative estimate of drug-likeness (QED) is 0.0269. The Morgan fingerprint density at radius 3 is 0.614 bits per heavy atom. The summed E-state index contributed by atoms with van der Waals surface area (Å²) in [6, 6.07) is -1.45. The molecule has 6 aliphatic rings. The molecule has 18 heteroatoms. The molecular formula is C96H150N6O12. The molecule has 0 aromatic heterocycles. The van der Waals surface area contributed by atoms with Crippen molar-refractivity contribution >= 4 is 0 Å². The van der Waals surface area contributed by atoms with Crippen molar-refractivity contribution in [3.05, 3.63) is 179 Å². The van der Waals surface area contributed by atoms with Crippen LogP contribution < -0.4 is 0 Å². The summed E-state index contributed by atoms with van der Waals surface area (Å²) in [5.41, 5.74) is -27.8. The van der Waals surface area contributed by atoms with Crippen LogP contribution in [0.2, 0.25) is 0 Å². The van der Waals surface area contributed by atoms with E-state index in [1.54, 1.807) is 0 Å². The molecule has 0 radical (unpaired) electrons. The topological polar surface area (TPSA) is 262 Å². The molecule has 0 amide bonds. The lowest BCUT2D eigenvalue weighted by molar-refractivity contribution is -0.0280. The molecule has 6 fully saturated rings. The minimum absolute atomic E-state index is 0.0245. The Balaban J connectivity index is 0.000000334. The zero-order chi connectivity index (χ0) is 168. The van der Waals surface area contributed by atoms with Crippen molar-refractivity contribution in [2.45, 2.75) is 260 Å². The zero-order valence-electron chi connectivity index (χ0n) is 157. The number of aliphatic hydroxyl groups is 6. The fourth-order valence-electron chi connectivity index (χ4n) is 10.3. The van der Waals surface area contributed by atoms with E-state index in [0.29, 0.717) is 48.3 Å². The predicted molar refractivity (Wildman–Crippen MR) is 465 cm³/mol. The van der Waals surface area contributed by atoms with Crippen molar-refractivity contribution in [2.24, 2.45) is 0 Å². The number of hydrogen-bond acceptors (Lipinski definition) is 18. The molecule has 636 valence electrons. The third-order valence-corrected chi connectivity index (χ3v) is 15.6. The molecule has 0 saturated heterocycles. The van der Waals surface area contributed by atoms with Gasteiger partial charge in [-0.3, -0.25) is 0 Å². The van der Waals surface area contributed by atoms with Gasteiger partial charge in [-0.2, -0.15) is 0 Å². The fraction of sp³-hybridized carbons (Fsp3) is 0.625. The summed E-state index contributed by atoms with van der Waals surface area (Å²) in [5, 5.41) is 129. The fourth-order valence-corrected chi connectivity index (χ4v) is 10.3. The van der Waals surface area contributed by atoms with E-state index in [4.69, 9.17) is 132 Å². The molecule has 6 aromatic rings. The van der Waals surface area contributed by atoms with Crippen LogP contribution in [-0.2, 0) is 0 Å². The van der Waals surface area contributed by atoms with Gasteiger partial charge in [0, 0.05) is 190 Å². The molecule has 6 atom stereocenters. The molecule has 0 spiro atoms. The maximum absolute atomic E-state index is 11.9. The molecule has 114 heavy (non-hydrogen) atoms. The Bertz CT molecular complexity index is 8080. The van der Waals surface area contributed by atoms with Crippen LogP contribution in [-0.4, -0.2) is 248 Å². The molecule has 6 aliphatic carbocycles. The second-order valence-electron chi connectivity index (χ2n) is 24.8. The van der Waals surface area contributed by atoms with Crippen molar-refractivity contribution in [1.82, 2.24) is 29.4 Å². The van der Waals surface area contributed by atoms with E-state index in [2.05, 4.69) is 0 Å². The van der Waals surface area contributed by atoms with Gasteiger partial charge in [0.05, 0.1) is 50.1 Å². The number of phenols is 6. The molecule has 12 rings (SSSR count). The number of phenolic OH excluding ortho intramolecular Hbond substituents is 6. The maximum atomic E-state index is 11.9. The van der Waals surface area contributed by atoms with E-state index in [0.717, 1.165) is 62.4 Å². The normalized spacial score (nSPS) is 47.1. The minimum Gasteiger partial charge on any atom is -0.508 e. The minimum atomic E-state index is -4.49. The molecule has 6 unspecified atom stereocenters. The summed E-state index contributed by atoms with van der Waals surface area (Å²) < 4.78 is 774. The molecular weight excluding hydrogens is 1430 g/mol. The highest BCUT2D eigenvalue weighted by atomic mass is 16.3. The maximum Gasteiger partial charge on any atom is 0.115 e. The monoisotopic (exact) mass is 1680 g/mol. The average Bonchev–Trinajstić information content (AvgIpc) is 0.646. The number of nitrogens with zero attached hydrogens (tertiary/aromatic N) is 6. The highest BCUT2D eigenvalue weighted by Crippen LogP contribution is 2.47. The number of likely N-dealkylation sites (N-methyl/N-ethyl adjacent to an activating group) is 6. The Morgan fingerprint density at radius 1 is 0.254 bits per heavy atom. The van der Waals surface area contributed by atoms with E-state index < -0.39 is 474 Å². The SMILES string of the molecule is [2H]c1cc(C(C([2H])([2H])N(C([2H])([2H])[2H])C([2H])([2H])[2H])C2(O)C([2H])([2H])C([2H])([2H])C([2H])([2H])C([2H])([2H])C2([2H])[2H])cc([2H])c1O.[2H]c1cc(C(C([2H])([2H])N(C)C([2H])([2H])[2H])C2(O)C([2H])([2H])C([2H])([2H])C([2H])([2H])C([2H])([2H])C2([2H])[2H])cc([2H])c1O.[2H]c1cc(C(C([2H])([2H])N(C)C)C2(O)C([2H])([2H])C([2H])([2H])C([2H])([2H])C([2H])([2H])C2([2H])[2H])cc([2H])c1O.[2H]c1cc(C(CN(C([2H])([2H])[2H])C([2H])([2H])[2H])C2(O)C([2H])([2H])C([2H])([2H])C([2H])([2H])C([2H])([2H])C2([2H])[2H])cc([2H])c1O.[2H]c1cc(C(CN(C)C([2H])([2H])[2H])C2(O)C([2H])([2H])C([2H])([2H])C([2H])([2H])C([2H])([2H])C2([2H])[2H])cc([2H])c1O.[2H]c1cc(C(CN(C)C)C2(O)C([2H])([2H])C([2H])([2H])C([2H])([2H])C([2H])([2H])C2([2H])[2H])cc([2H])c1O. The van der Waals surface area contributed by atoms with Gasteiger partial charge in [0.2, 0.25) is 0 Å². The van der Waals surface area contributed by atoms with Crippen LogP contribution in [0.15, 0.2) is 145 Å². The van der Waals surface area contributed by atoms with Crippen molar-refractivity contribution in [1.29, 1.82) is 0 Å². The third kappa shape index (κ3) is 29.6. The first-order chi connectivity index (χ1) is 91.3. The smallest absolute Gasteiger partial charge is 0.115 e. The summed E-state index contributed by atoms with van der Waals surface area (Å²) >= 11 is 0. The Morgan fingerprint density at radius 2 is 0.421 bits per heavy atom. The van der Waals surface area contributed by atoms with Gasteiger partial charge < -0.3 is 90.7 Å². The summed E-state index contributed by atoms with van der Waals surface area (Å²) in [5.74, 6) is -20.4. The van der Waals surface area contributed by atoms with Crippen LogP contribution in [0.5, 0.6) is 34.5 Å². The zero-order valence-corrected chi connectivity index (χ0v) is 61.1. The highest BCUT2D eigenvalue weighted by molar-refractivity contribution is 5.36. The summed E-state index contributed by atoms with van der Waals surface area (Å²) in [4.78, 5) is 1.67. The molecule has 6 saturated carbocycles. The second kappa shape index (κ2) is 45.5. The predicted octanol–water partition coefficient (Wildman–Crippen LogP) is 16.4. The Hall–Kier alpha value is -6.36. The number of rotatable bonds is 24. The van der Waals surface area contributed by atoms with Gasteiger partial charge in [-0.05, 0) is 267 Å². The summed E-state index contributed by atoms with van der Waals surface area (Å²) in [6.45, 7) is -34.7. The Kier molecular flexibility index (Phi) is 11.1. The van der Waals surface area contributed by atoms with Crippen LogP contribution in [0, 0.1) is 0 Å². The first kappa shape index (κ1) is 27.9. The summed E-state index contributed by atoms with van der Waals surface area (Å²) in [7, 11) is 6.90. The van der Waals surface area contributed by atoms with E-state index in [9.17, 15) is 61.3 Å². The van der Waals surface area contributed by atoms with Crippen LogP contribution >= 0.6 is 0 Å². The Labute approximate surface area is 821 Å². The van der Waals surface area contributed by atoms with Crippen molar-refractivity contribution < 1.29 is 193 Å². The van der Waals surface area contributed by atoms with Gasteiger partial charge >= 0.3 is 0 Å². The molecule has 18 nitrogen and oxygen atoms in total. The van der Waals surface area contributed by atoms with Crippen molar-refractivity contribution in [3.8, 4) is 34.5 Å². The van der Waals surface area contributed by atoms with Gasteiger partial charge in [0.15, 0.2) is 0 Å². The van der Waals surface area contributed by atoms with Crippen LogP contribution in [0.1, 0.15) is 392 Å². The van der Waals surface area contributed by atoms with Crippen LogP contribution in [0.4, 0.5) is 0 Å². The summed E-state index contributed by atoms with van der Waals surface area (Å²) in [6.07, 6.45) is -119. The van der Waals surface area contributed by atoms with Crippen LogP contribution in [0.25, 0.3) is 0 Å². The largest absolute Gasteiger partial charge is 0.508 e. The average molecular weight is 1680 g/mol. The first-order valence-corrected chi connectivity index (χ1v) is 32.8. The number of benzene rings is 6. The molecule has 0 bridgehead atoms. The number of aromatic hydroxyl groups is 6. The van der Waals surface area contributed by atoms with E-state index >= 15 is 0 Å². The van der Waals surface area contributed by atoms with E-state index in [1.165, 1.54) is 19.0 Å². The lowest BCUT2D eigenvalue weighted by Crippen LogP contribution is -2.42. The van der Waals surface area contributed by atoms with Gasteiger partial charge in [-0.15, -0.1) is 0 Å². The van der Waals surface area contributed by atoms with Gasteiger partial charge in [0.1, 0.15) is 34.5 Å². The highest BCUT2D eigenvalue weighted by Gasteiger charge is 2.45. The molecule has 0 aliphatic heterocycles. The second-order valence-corrected chi connectivity index (χ2v) is 24.8.